The minimum Gasteiger partial charge on any atom is -0.490 e. The molecule has 0 saturated heterocycles. The maximum absolute atomic E-state index is 5.53. The molecule has 0 atom stereocenters. The topological polar surface area (TPSA) is 13.1 Å². The van der Waals surface area contributed by atoms with Gasteiger partial charge in [-0.1, -0.05) is 24.3 Å². The van der Waals surface area contributed by atoms with Crippen LogP contribution in [0, 0.1) is 0 Å². The molecule has 2 nitrogen and oxygen atoms in total. The zero-order valence-corrected chi connectivity index (χ0v) is 12.2. The van der Waals surface area contributed by atoms with Crippen molar-refractivity contribution >= 4 is 42.4 Å². The first-order valence-electron chi connectivity index (χ1n) is 6.56. The Bertz CT molecular complexity index is 955. The summed E-state index contributed by atoms with van der Waals surface area (Å²) in [5.74, 6) is 0.919. The highest BCUT2D eigenvalue weighted by atomic mass is 32.1. The van der Waals surface area contributed by atoms with Crippen molar-refractivity contribution in [3.8, 4) is 5.75 Å². The highest BCUT2D eigenvalue weighted by Crippen LogP contribution is 2.38. The van der Waals surface area contributed by atoms with Crippen molar-refractivity contribution in [3.05, 3.63) is 48.7 Å². The summed E-state index contributed by atoms with van der Waals surface area (Å²) in [6.45, 7) is 0. The lowest BCUT2D eigenvalue weighted by atomic mass is 10.1. The number of nitrogens with zero attached hydrogens (tertiary/aromatic N) is 1. The summed E-state index contributed by atoms with van der Waals surface area (Å²) in [6, 6.07) is 14.8. The van der Waals surface area contributed by atoms with Crippen LogP contribution in [0.2, 0.25) is 0 Å². The molecule has 20 heavy (non-hydrogen) atoms. The monoisotopic (exact) mass is 280 g/mol. The van der Waals surface area contributed by atoms with Crippen LogP contribution in [0.5, 0.6) is 5.75 Å². The van der Waals surface area contributed by atoms with Gasteiger partial charge in [0, 0.05) is 15.5 Å². The van der Waals surface area contributed by atoms with Crippen LogP contribution < -0.4 is 9.30 Å². The first kappa shape index (κ1) is 11.7. The Morgan fingerprint density at radius 2 is 1.75 bits per heavy atom. The summed E-state index contributed by atoms with van der Waals surface area (Å²) in [5, 5.41) is 3.91. The number of hydrogen-bond donors (Lipinski definition) is 0. The second-order valence-electron chi connectivity index (χ2n) is 4.93. The number of aryl methyl sites for hydroxylation is 1. The van der Waals surface area contributed by atoms with Crippen molar-refractivity contribution in [2.24, 2.45) is 7.05 Å². The van der Waals surface area contributed by atoms with Crippen LogP contribution in [-0.4, -0.2) is 7.11 Å². The van der Waals surface area contributed by atoms with E-state index in [9.17, 15) is 0 Å². The number of ether oxygens (including phenoxy) is 1. The minimum absolute atomic E-state index is 0.919. The number of fused-ring (bicyclic) bond motifs is 5. The SMILES string of the molecule is COc1cccc2c3c(c[n+](C)c12)sc1ccccc13. The van der Waals surface area contributed by atoms with E-state index in [1.807, 2.05) is 17.4 Å². The Morgan fingerprint density at radius 1 is 0.950 bits per heavy atom. The fraction of sp³-hybridized carbons (Fsp3) is 0.118. The predicted octanol–water partition coefficient (Wildman–Crippen LogP) is 4.04. The number of benzene rings is 2. The molecular formula is C17H14NOS+. The lowest BCUT2D eigenvalue weighted by molar-refractivity contribution is -0.643. The second-order valence-corrected chi connectivity index (χ2v) is 6.02. The normalized spacial score (nSPS) is 11.5. The average molecular weight is 280 g/mol. The summed E-state index contributed by atoms with van der Waals surface area (Å²) < 4.78 is 10.3. The van der Waals surface area contributed by atoms with Gasteiger partial charge in [0.15, 0.2) is 11.9 Å². The van der Waals surface area contributed by atoms with Gasteiger partial charge in [0.1, 0.15) is 11.7 Å². The van der Waals surface area contributed by atoms with E-state index in [1.54, 1.807) is 7.11 Å². The summed E-state index contributed by atoms with van der Waals surface area (Å²) >= 11 is 1.84. The van der Waals surface area contributed by atoms with Crippen LogP contribution in [0.1, 0.15) is 0 Å². The lowest BCUT2D eigenvalue weighted by Crippen LogP contribution is -2.28. The minimum atomic E-state index is 0.919. The van der Waals surface area contributed by atoms with Crippen molar-refractivity contribution in [2.75, 3.05) is 7.11 Å². The van der Waals surface area contributed by atoms with Gasteiger partial charge in [0.2, 0.25) is 0 Å². The van der Waals surface area contributed by atoms with E-state index in [-0.39, 0.29) is 0 Å². The largest absolute Gasteiger partial charge is 0.490 e. The van der Waals surface area contributed by atoms with Gasteiger partial charge >= 0.3 is 0 Å². The zero-order chi connectivity index (χ0) is 13.7. The molecule has 0 N–H and O–H groups in total. The summed E-state index contributed by atoms with van der Waals surface area (Å²) in [5.41, 5.74) is 1.14. The van der Waals surface area contributed by atoms with E-state index in [0.29, 0.717) is 0 Å². The Balaban J connectivity index is 2.33. The number of rotatable bonds is 1. The van der Waals surface area contributed by atoms with E-state index in [2.05, 4.69) is 54.2 Å². The fourth-order valence-electron chi connectivity index (χ4n) is 2.93. The standard InChI is InChI=1S/C17H14NOS/c1-18-10-15-16(11-6-3-4-9-14(11)20-15)12-7-5-8-13(19-2)17(12)18/h3-10H,1-2H3/q+1. The third-order valence-electron chi connectivity index (χ3n) is 3.77. The second kappa shape index (κ2) is 4.18. The van der Waals surface area contributed by atoms with E-state index in [0.717, 1.165) is 11.3 Å². The summed E-state index contributed by atoms with van der Waals surface area (Å²) in [6.07, 6.45) is 2.20. The third-order valence-corrected chi connectivity index (χ3v) is 4.88. The molecule has 0 unspecified atom stereocenters. The first-order chi connectivity index (χ1) is 9.79. The predicted molar refractivity (Wildman–Crippen MR) is 84.6 cm³/mol. The Hall–Kier alpha value is -2.13. The van der Waals surface area contributed by atoms with E-state index in [1.165, 1.54) is 25.6 Å². The van der Waals surface area contributed by atoms with Gasteiger partial charge in [0.05, 0.1) is 12.5 Å². The van der Waals surface area contributed by atoms with Crippen molar-refractivity contribution < 1.29 is 9.30 Å². The van der Waals surface area contributed by atoms with Crippen LogP contribution in [-0.2, 0) is 7.05 Å². The molecule has 0 spiro atoms. The van der Waals surface area contributed by atoms with Crippen LogP contribution in [0.4, 0.5) is 0 Å². The van der Waals surface area contributed by atoms with Gasteiger partial charge < -0.3 is 4.74 Å². The molecule has 0 aliphatic carbocycles. The smallest absolute Gasteiger partial charge is 0.255 e. The highest BCUT2D eigenvalue weighted by Gasteiger charge is 2.18. The molecule has 0 saturated carbocycles. The molecule has 2 heterocycles. The molecule has 2 aromatic carbocycles. The number of pyridine rings is 1. The maximum Gasteiger partial charge on any atom is 0.255 e. The Labute approximate surface area is 120 Å². The van der Waals surface area contributed by atoms with Crippen molar-refractivity contribution in [2.45, 2.75) is 0 Å². The molecule has 0 fully saturated rings. The Morgan fingerprint density at radius 3 is 2.60 bits per heavy atom. The third kappa shape index (κ3) is 1.47. The highest BCUT2D eigenvalue weighted by molar-refractivity contribution is 7.26. The summed E-state index contributed by atoms with van der Waals surface area (Å²) in [7, 11) is 3.80. The molecule has 0 amide bonds. The molecular weight excluding hydrogens is 266 g/mol. The number of methoxy groups -OCH3 is 1. The number of aromatic nitrogens is 1. The van der Waals surface area contributed by atoms with Crippen LogP contribution in [0.3, 0.4) is 0 Å². The molecule has 4 aromatic rings. The van der Waals surface area contributed by atoms with E-state index >= 15 is 0 Å². The number of para-hydroxylation sites is 1. The van der Waals surface area contributed by atoms with E-state index < -0.39 is 0 Å². The van der Waals surface area contributed by atoms with Crippen LogP contribution in [0.25, 0.3) is 31.1 Å². The quantitative estimate of drug-likeness (QED) is 0.480. The van der Waals surface area contributed by atoms with Gasteiger partial charge in [-0.15, -0.1) is 11.3 Å². The molecule has 0 aliphatic rings. The van der Waals surface area contributed by atoms with Crippen LogP contribution >= 0.6 is 11.3 Å². The summed E-state index contributed by atoms with van der Waals surface area (Å²) in [4.78, 5) is 0. The maximum atomic E-state index is 5.53. The van der Waals surface area contributed by atoms with Crippen LogP contribution in [0.15, 0.2) is 48.7 Å². The number of thiophene rings is 1. The molecule has 4 rings (SSSR count). The van der Waals surface area contributed by atoms with Gasteiger partial charge in [0.25, 0.3) is 5.52 Å². The Kier molecular flexibility index (Phi) is 2.44. The molecule has 98 valence electrons. The fourth-order valence-corrected chi connectivity index (χ4v) is 4.12. The molecule has 0 aliphatic heterocycles. The molecule has 2 aromatic heterocycles. The first-order valence-corrected chi connectivity index (χ1v) is 7.38. The molecule has 0 radical (unpaired) electrons. The van der Waals surface area contributed by atoms with Crippen molar-refractivity contribution in [1.29, 1.82) is 0 Å². The zero-order valence-electron chi connectivity index (χ0n) is 11.4. The van der Waals surface area contributed by atoms with Gasteiger partial charge in [-0.05, 0) is 18.2 Å². The van der Waals surface area contributed by atoms with Crippen molar-refractivity contribution in [1.82, 2.24) is 0 Å². The lowest BCUT2D eigenvalue weighted by Gasteiger charge is -2.04. The van der Waals surface area contributed by atoms with Crippen molar-refractivity contribution in [3.63, 3.8) is 0 Å². The van der Waals surface area contributed by atoms with Gasteiger partial charge in [-0.25, -0.2) is 0 Å². The number of hydrogen-bond acceptors (Lipinski definition) is 2. The molecule has 0 bridgehead atoms. The van der Waals surface area contributed by atoms with E-state index in [4.69, 9.17) is 4.74 Å². The average Bonchev–Trinajstić information content (AvgIpc) is 2.84. The molecule has 3 heteroatoms. The van der Waals surface area contributed by atoms with Gasteiger partial charge in [-0.3, -0.25) is 0 Å². The van der Waals surface area contributed by atoms with Gasteiger partial charge in [-0.2, -0.15) is 4.57 Å².